The lowest BCUT2D eigenvalue weighted by Crippen LogP contribution is -2.65. The highest BCUT2D eigenvalue weighted by Gasteiger charge is 2.60. The predicted octanol–water partition coefficient (Wildman–Crippen LogP) is 3.40. The minimum absolute atomic E-state index is 0.00555. The van der Waals surface area contributed by atoms with Crippen LogP contribution in [0.5, 0.6) is 0 Å². The van der Waals surface area contributed by atoms with Crippen molar-refractivity contribution in [2.75, 3.05) is 6.54 Å². The van der Waals surface area contributed by atoms with E-state index in [-0.39, 0.29) is 17.4 Å². The van der Waals surface area contributed by atoms with Crippen LogP contribution in [0.25, 0.3) is 0 Å². The van der Waals surface area contributed by atoms with Crippen molar-refractivity contribution in [2.24, 2.45) is 22.7 Å². The van der Waals surface area contributed by atoms with E-state index < -0.39 is 0 Å². The molecule has 4 bridgehead atoms. The van der Waals surface area contributed by atoms with Crippen molar-refractivity contribution in [1.29, 1.82) is 0 Å². The van der Waals surface area contributed by atoms with Gasteiger partial charge in [0.05, 0.1) is 0 Å². The summed E-state index contributed by atoms with van der Waals surface area (Å²) in [5.74, 6) is 1.26. The summed E-state index contributed by atoms with van der Waals surface area (Å²) in [6.07, 6.45) is 7.97. The minimum Gasteiger partial charge on any atom is -0.356 e. The molecule has 0 aromatic carbocycles. The number of carbonyl (C=O) groups is 2. The fourth-order valence-corrected chi connectivity index (χ4v) is 6.58. The summed E-state index contributed by atoms with van der Waals surface area (Å²) in [7, 11) is 0. The molecule has 0 aromatic rings. The molecule has 0 saturated heterocycles. The first-order valence-corrected chi connectivity index (χ1v) is 9.69. The Morgan fingerprint density at radius 2 is 1.54 bits per heavy atom. The van der Waals surface area contributed by atoms with Gasteiger partial charge in [-0.2, -0.15) is 0 Å². The standard InChI is InChI=1S/C20H34N2O2/c1-14(2)10-21-16(23)5-6-17(24)22-20-9-15-7-18(3,12-20)11-19(4,8-15)13-20/h14-15H,5-13H2,1-4H3,(H,21,23)(H,22,24). The lowest BCUT2D eigenvalue weighted by atomic mass is 9.43. The monoisotopic (exact) mass is 334 g/mol. The highest BCUT2D eigenvalue weighted by atomic mass is 16.2. The molecular weight excluding hydrogens is 300 g/mol. The molecule has 24 heavy (non-hydrogen) atoms. The number of hydrogen-bond donors (Lipinski definition) is 2. The van der Waals surface area contributed by atoms with Crippen molar-refractivity contribution in [1.82, 2.24) is 10.6 Å². The second kappa shape index (κ2) is 6.03. The number of carbonyl (C=O) groups excluding carboxylic acids is 2. The van der Waals surface area contributed by atoms with E-state index in [0.717, 1.165) is 25.2 Å². The highest BCUT2D eigenvalue weighted by Crippen LogP contribution is 2.66. The van der Waals surface area contributed by atoms with Gasteiger partial charge >= 0.3 is 0 Å². The molecule has 2 unspecified atom stereocenters. The third-order valence-electron chi connectivity index (χ3n) is 6.32. The molecule has 136 valence electrons. The number of hydrogen-bond acceptors (Lipinski definition) is 2. The number of amides is 2. The first-order chi connectivity index (χ1) is 11.1. The van der Waals surface area contributed by atoms with E-state index in [1.807, 2.05) is 0 Å². The van der Waals surface area contributed by atoms with Crippen LogP contribution in [0.2, 0.25) is 0 Å². The molecule has 4 aliphatic rings. The first-order valence-electron chi connectivity index (χ1n) is 9.69. The quantitative estimate of drug-likeness (QED) is 0.782. The van der Waals surface area contributed by atoms with Crippen LogP contribution in [0.3, 0.4) is 0 Å². The van der Waals surface area contributed by atoms with Crippen LogP contribution in [0.1, 0.15) is 79.1 Å². The van der Waals surface area contributed by atoms with E-state index in [0.29, 0.717) is 36.1 Å². The molecule has 0 aliphatic heterocycles. The number of nitrogens with one attached hydrogen (secondary N) is 2. The molecule has 0 heterocycles. The summed E-state index contributed by atoms with van der Waals surface area (Å²) >= 11 is 0. The first kappa shape index (κ1) is 17.8. The molecule has 2 atom stereocenters. The lowest BCUT2D eigenvalue weighted by Gasteiger charge is -2.65. The molecule has 4 fully saturated rings. The van der Waals surface area contributed by atoms with Crippen molar-refractivity contribution in [3.8, 4) is 0 Å². The van der Waals surface area contributed by atoms with E-state index in [1.165, 1.54) is 19.3 Å². The van der Waals surface area contributed by atoms with Crippen LogP contribution in [-0.4, -0.2) is 23.9 Å². The van der Waals surface area contributed by atoms with Gasteiger partial charge in [0.2, 0.25) is 11.8 Å². The van der Waals surface area contributed by atoms with E-state index in [9.17, 15) is 9.59 Å². The third-order valence-corrected chi connectivity index (χ3v) is 6.32. The smallest absolute Gasteiger partial charge is 0.220 e. The van der Waals surface area contributed by atoms with Gasteiger partial charge < -0.3 is 10.6 Å². The molecule has 4 nitrogen and oxygen atoms in total. The zero-order valence-corrected chi connectivity index (χ0v) is 15.8. The van der Waals surface area contributed by atoms with Crippen LogP contribution >= 0.6 is 0 Å². The summed E-state index contributed by atoms with van der Waals surface area (Å²) < 4.78 is 0. The van der Waals surface area contributed by atoms with Crippen LogP contribution in [-0.2, 0) is 9.59 Å². The Morgan fingerprint density at radius 3 is 2.08 bits per heavy atom. The van der Waals surface area contributed by atoms with Gasteiger partial charge in [-0.3, -0.25) is 9.59 Å². The summed E-state index contributed by atoms with van der Waals surface area (Å²) in [6, 6.07) is 0. The van der Waals surface area contributed by atoms with Crippen molar-refractivity contribution in [2.45, 2.75) is 84.6 Å². The number of rotatable bonds is 6. The Balaban J connectivity index is 1.54. The molecule has 2 amide bonds. The maximum Gasteiger partial charge on any atom is 0.220 e. The minimum atomic E-state index is -0.0108. The highest BCUT2D eigenvalue weighted by molar-refractivity contribution is 5.84. The maximum atomic E-state index is 12.5. The SMILES string of the molecule is CC(C)CNC(=O)CCC(=O)NC12CC3CC(C)(CC(C)(C3)C1)C2. The Bertz CT molecular complexity index is 510. The van der Waals surface area contributed by atoms with Crippen molar-refractivity contribution < 1.29 is 9.59 Å². The van der Waals surface area contributed by atoms with Gasteiger partial charge in [0.15, 0.2) is 0 Å². The lowest BCUT2D eigenvalue weighted by molar-refractivity contribution is -0.140. The molecule has 4 heteroatoms. The topological polar surface area (TPSA) is 58.2 Å². The molecule has 0 radical (unpaired) electrons. The van der Waals surface area contributed by atoms with Gasteiger partial charge in [-0.25, -0.2) is 0 Å². The Hall–Kier alpha value is -1.06. The second-order valence-corrected chi connectivity index (χ2v) is 10.2. The second-order valence-electron chi connectivity index (χ2n) is 10.2. The van der Waals surface area contributed by atoms with E-state index in [4.69, 9.17) is 0 Å². The Labute approximate surface area is 146 Å². The van der Waals surface area contributed by atoms with E-state index in [1.54, 1.807) is 0 Å². The van der Waals surface area contributed by atoms with Crippen LogP contribution in [0.15, 0.2) is 0 Å². The average Bonchev–Trinajstić information content (AvgIpc) is 2.38. The van der Waals surface area contributed by atoms with Crippen LogP contribution in [0, 0.1) is 22.7 Å². The molecule has 4 saturated carbocycles. The van der Waals surface area contributed by atoms with E-state index >= 15 is 0 Å². The van der Waals surface area contributed by atoms with Gasteiger partial charge in [-0.05, 0) is 61.2 Å². The largest absolute Gasteiger partial charge is 0.356 e. The zero-order chi connectivity index (χ0) is 17.6. The molecule has 2 N–H and O–H groups in total. The van der Waals surface area contributed by atoms with Gasteiger partial charge in [0.1, 0.15) is 0 Å². The van der Waals surface area contributed by atoms with E-state index in [2.05, 4.69) is 38.3 Å². The zero-order valence-electron chi connectivity index (χ0n) is 15.8. The van der Waals surface area contributed by atoms with Gasteiger partial charge in [0.25, 0.3) is 0 Å². The molecular formula is C20H34N2O2. The predicted molar refractivity (Wildman–Crippen MR) is 95.4 cm³/mol. The fraction of sp³-hybridized carbons (Fsp3) is 0.900. The van der Waals surface area contributed by atoms with Gasteiger partial charge in [0, 0.05) is 24.9 Å². The summed E-state index contributed by atoms with van der Waals surface area (Å²) in [5.41, 5.74) is 0.792. The van der Waals surface area contributed by atoms with Gasteiger partial charge in [-0.15, -0.1) is 0 Å². The van der Waals surface area contributed by atoms with Crippen molar-refractivity contribution in [3.63, 3.8) is 0 Å². The summed E-state index contributed by atoms with van der Waals surface area (Å²) in [4.78, 5) is 24.3. The molecule has 4 aliphatic carbocycles. The maximum absolute atomic E-state index is 12.5. The fourth-order valence-electron chi connectivity index (χ4n) is 6.58. The van der Waals surface area contributed by atoms with Crippen LogP contribution in [0.4, 0.5) is 0 Å². The third kappa shape index (κ3) is 3.78. The molecule has 0 spiro atoms. The molecule has 4 rings (SSSR count). The average molecular weight is 335 g/mol. The summed E-state index contributed by atoms with van der Waals surface area (Å²) in [6.45, 7) is 9.65. The van der Waals surface area contributed by atoms with Crippen molar-refractivity contribution in [3.05, 3.63) is 0 Å². The Kier molecular flexibility index (Phi) is 4.46. The normalized spacial score (nSPS) is 40.0. The van der Waals surface area contributed by atoms with Gasteiger partial charge in [-0.1, -0.05) is 27.7 Å². The summed E-state index contributed by atoms with van der Waals surface area (Å²) in [5, 5.41) is 6.27. The van der Waals surface area contributed by atoms with Crippen molar-refractivity contribution >= 4 is 11.8 Å². The Morgan fingerprint density at radius 1 is 0.958 bits per heavy atom. The molecule has 0 aromatic heterocycles. The van der Waals surface area contributed by atoms with Crippen LogP contribution < -0.4 is 10.6 Å².